The Hall–Kier alpha value is -1.14. The summed E-state index contributed by atoms with van der Waals surface area (Å²) in [7, 11) is 6.30. The third-order valence-electron chi connectivity index (χ3n) is 3.93. The van der Waals surface area contributed by atoms with Gasteiger partial charge in [0.1, 0.15) is 0 Å². The molecule has 0 saturated carbocycles. The predicted molar refractivity (Wildman–Crippen MR) is 80.0 cm³/mol. The smallest absolute Gasteiger partial charge is 0.188 e. The van der Waals surface area contributed by atoms with E-state index >= 15 is 0 Å². The first-order valence-corrected chi connectivity index (χ1v) is 7.59. The van der Waals surface area contributed by atoms with Gasteiger partial charge in [-0.15, -0.1) is 0 Å². The zero-order valence-corrected chi connectivity index (χ0v) is 12.9. The molecule has 3 rings (SSSR count). The molecule has 0 radical (unpaired) electrons. The summed E-state index contributed by atoms with van der Waals surface area (Å²) in [6.45, 7) is 4.26. The van der Waals surface area contributed by atoms with Gasteiger partial charge in [-0.3, -0.25) is 0 Å². The van der Waals surface area contributed by atoms with Crippen molar-refractivity contribution in [1.82, 2.24) is 19.7 Å². The summed E-state index contributed by atoms with van der Waals surface area (Å²) in [6.07, 6.45) is 2.53. The van der Waals surface area contributed by atoms with Crippen LogP contribution in [0.15, 0.2) is 0 Å². The van der Waals surface area contributed by atoms with Crippen LogP contribution < -0.4 is 4.90 Å². The fourth-order valence-electron chi connectivity index (χ4n) is 2.76. The minimum absolute atomic E-state index is 0.639. The largest absolute Gasteiger partial charge is 0.346 e. The Morgan fingerprint density at radius 1 is 1.37 bits per heavy atom. The monoisotopic (exact) mass is 279 g/mol. The summed E-state index contributed by atoms with van der Waals surface area (Å²) >= 11 is 1.78. The fraction of sp³-hybridized carbons (Fsp3) is 0.692. The Labute approximate surface area is 117 Å². The van der Waals surface area contributed by atoms with Gasteiger partial charge in [-0.2, -0.15) is 5.10 Å². The maximum Gasteiger partial charge on any atom is 0.188 e. The van der Waals surface area contributed by atoms with Gasteiger partial charge in [-0.05, 0) is 33.9 Å². The van der Waals surface area contributed by atoms with E-state index in [-0.39, 0.29) is 0 Å². The molecular weight excluding hydrogens is 258 g/mol. The molecule has 2 aromatic rings. The Bertz CT molecular complexity index is 551. The van der Waals surface area contributed by atoms with Gasteiger partial charge in [0.15, 0.2) is 10.8 Å². The number of thiazole rings is 1. The molecule has 2 aromatic heterocycles. The highest BCUT2D eigenvalue weighted by Crippen LogP contribution is 2.32. The number of nitrogens with zero attached hydrogens (tertiary/aromatic N) is 5. The molecule has 1 fully saturated rings. The first-order valence-electron chi connectivity index (χ1n) is 6.78. The van der Waals surface area contributed by atoms with E-state index in [0.717, 1.165) is 29.6 Å². The topological polar surface area (TPSA) is 37.2 Å². The van der Waals surface area contributed by atoms with Crippen LogP contribution in [0, 0.1) is 6.92 Å². The highest BCUT2D eigenvalue weighted by atomic mass is 32.1. The maximum absolute atomic E-state index is 4.78. The Balaban J connectivity index is 1.89. The summed E-state index contributed by atoms with van der Waals surface area (Å²) in [5.41, 5.74) is 2.10. The molecule has 0 amide bonds. The molecule has 1 saturated heterocycles. The van der Waals surface area contributed by atoms with Crippen molar-refractivity contribution < 1.29 is 0 Å². The van der Waals surface area contributed by atoms with Gasteiger partial charge in [0.05, 0.1) is 10.4 Å². The molecular formula is C13H21N5S. The minimum atomic E-state index is 0.639. The highest BCUT2D eigenvalue weighted by Gasteiger charge is 2.24. The van der Waals surface area contributed by atoms with Crippen LogP contribution in [0.5, 0.6) is 0 Å². The van der Waals surface area contributed by atoms with Gasteiger partial charge >= 0.3 is 0 Å². The highest BCUT2D eigenvalue weighted by molar-refractivity contribution is 7.22. The standard InChI is InChI=1S/C13H21N5S/c1-9-11-12(17(4)15-9)14-13(19-11)18-7-5-6-10(8-18)16(2)3/h10H,5-8H2,1-4H3/t10-/m0/s1. The minimum Gasteiger partial charge on any atom is -0.346 e. The molecule has 1 aliphatic heterocycles. The van der Waals surface area contributed by atoms with Gasteiger partial charge in [0.2, 0.25) is 0 Å². The van der Waals surface area contributed by atoms with Gasteiger partial charge in [0, 0.05) is 26.2 Å². The second kappa shape index (κ2) is 4.76. The summed E-state index contributed by atoms with van der Waals surface area (Å²) in [6, 6.07) is 0.639. The molecule has 104 valence electrons. The number of rotatable bonds is 2. The van der Waals surface area contributed by atoms with E-state index in [9.17, 15) is 0 Å². The lowest BCUT2D eigenvalue weighted by molar-refractivity contribution is 0.258. The van der Waals surface area contributed by atoms with Crippen LogP contribution in [0.4, 0.5) is 5.13 Å². The number of piperidine rings is 1. The summed E-state index contributed by atoms with van der Waals surface area (Å²) in [5, 5.41) is 5.57. The van der Waals surface area contributed by atoms with Crippen LogP contribution in [0.3, 0.4) is 0 Å². The first kappa shape index (κ1) is 12.9. The van der Waals surface area contributed by atoms with Crippen molar-refractivity contribution in [2.24, 2.45) is 7.05 Å². The lowest BCUT2D eigenvalue weighted by Gasteiger charge is -2.35. The number of hydrogen-bond acceptors (Lipinski definition) is 5. The van der Waals surface area contributed by atoms with Crippen molar-refractivity contribution >= 4 is 26.8 Å². The molecule has 3 heterocycles. The molecule has 1 atom stereocenters. The summed E-state index contributed by atoms with van der Waals surface area (Å²) in [4.78, 5) is 9.53. The van der Waals surface area contributed by atoms with E-state index in [1.807, 2.05) is 11.7 Å². The molecule has 6 heteroatoms. The van der Waals surface area contributed by atoms with Gasteiger partial charge in [-0.25, -0.2) is 9.67 Å². The van der Waals surface area contributed by atoms with Gasteiger partial charge in [-0.1, -0.05) is 11.3 Å². The number of fused-ring (bicyclic) bond motifs is 1. The molecule has 5 nitrogen and oxygen atoms in total. The normalized spacial score (nSPS) is 20.7. The van der Waals surface area contributed by atoms with Crippen LogP contribution in [-0.4, -0.2) is 52.9 Å². The van der Waals surface area contributed by atoms with E-state index < -0.39 is 0 Å². The van der Waals surface area contributed by atoms with E-state index in [1.54, 1.807) is 11.3 Å². The van der Waals surface area contributed by atoms with Crippen molar-refractivity contribution in [1.29, 1.82) is 0 Å². The lowest BCUT2D eigenvalue weighted by Crippen LogP contribution is -2.45. The van der Waals surface area contributed by atoms with Crippen LogP contribution >= 0.6 is 11.3 Å². The van der Waals surface area contributed by atoms with E-state index in [4.69, 9.17) is 4.98 Å². The van der Waals surface area contributed by atoms with E-state index in [1.165, 1.54) is 17.5 Å². The number of aromatic nitrogens is 3. The third-order valence-corrected chi connectivity index (χ3v) is 5.14. The number of aryl methyl sites for hydroxylation is 2. The second-order valence-corrected chi connectivity index (χ2v) is 6.54. The molecule has 1 aliphatic rings. The van der Waals surface area contributed by atoms with Crippen LogP contribution in [0.25, 0.3) is 10.3 Å². The summed E-state index contributed by atoms with van der Waals surface area (Å²) in [5.74, 6) is 0. The first-order chi connectivity index (χ1) is 9.06. The third kappa shape index (κ3) is 2.23. The van der Waals surface area contributed by atoms with Crippen LogP contribution in [-0.2, 0) is 7.05 Å². The van der Waals surface area contributed by atoms with E-state index in [0.29, 0.717) is 6.04 Å². The number of likely N-dealkylation sites (N-methyl/N-ethyl adjacent to an activating group) is 1. The molecule has 19 heavy (non-hydrogen) atoms. The average molecular weight is 279 g/mol. The second-order valence-electron chi connectivity index (χ2n) is 5.56. The van der Waals surface area contributed by atoms with Crippen LogP contribution in [0.2, 0.25) is 0 Å². The molecule has 0 aromatic carbocycles. The predicted octanol–water partition coefficient (Wildman–Crippen LogP) is 1.87. The van der Waals surface area contributed by atoms with Gasteiger partial charge < -0.3 is 9.80 Å². The molecule has 0 N–H and O–H groups in total. The fourth-order valence-corrected chi connectivity index (χ4v) is 3.83. The molecule has 0 unspecified atom stereocenters. The van der Waals surface area contributed by atoms with Crippen LogP contribution in [0.1, 0.15) is 18.5 Å². The van der Waals surface area contributed by atoms with Crippen molar-refractivity contribution in [3.8, 4) is 0 Å². The van der Waals surface area contributed by atoms with Crippen molar-refractivity contribution in [3.05, 3.63) is 5.69 Å². The van der Waals surface area contributed by atoms with Crippen molar-refractivity contribution in [2.45, 2.75) is 25.8 Å². The Morgan fingerprint density at radius 3 is 2.84 bits per heavy atom. The Kier molecular flexibility index (Phi) is 3.22. The average Bonchev–Trinajstić information content (AvgIpc) is 2.93. The van der Waals surface area contributed by atoms with Gasteiger partial charge in [0.25, 0.3) is 0 Å². The zero-order valence-electron chi connectivity index (χ0n) is 12.1. The lowest BCUT2D eigenvalue weighted by atomic mass is 10.1. The Morgan fingerprint density at radius 2 is 2.16 bits per heavy atom. The molecule has 0 aliphatic carbocycles. The number of hydrogen-bond donors (Lipinski definition) is 0. The maximum atomic E-state index is 4.78. The molecule has 0 bridgehead atoms. The quantitative estimate of drug-likeness (QED) is 0.841. The SMILES string of the molecule is Cc1nn(C)c2nc(N3CCC[C@H](N(C)C)C3)sc12. The molecule has 0 spiro atoms. The van der Waals surface area contributed by atoms with Crippen molar-refractivity contribution in [3.63, 3.8) is 0 Å². The van der Waals surface area contributed by atoms with Crippen molar-refractivity contribution in [2.75, 3.05) is 32.1 Å². The summed E-state index contributed by atoms with van der Waals surface area (Å²) < 4.78 is 3.11. The number of anilines is 1. The van der Waals surface area contributed by atoms with E-state index in [2.05, 4.69) is 35.9 Å². The zero-order chi connectivity index (χ0) is 13.6.